The molecule has 0 saturated carbocycles. The molecule has 0 spiro atoms. The Bertz CT molecular complexity index is 946. The van der Waals surface area contributed by atoms with Crippen LogP contribution in [0, 0.1) is 0 Å². The van der Waals surface area contributed by atoms with Crippen LogP contribution in [-0.4, -0.2) is 16.1 Å². The van der Waals surface area contributed by atoms with E-state index in [0.717, 1.165) is 16.7 Å². The van der Waals surface area contributed by atoms with Crippen LogP contribution < -0.4 is 0 Å². The predicted molar refractivity (Wildman–Crippen MR) is 105 cm³/mol. The lowest BCUT2D eigenvalue weighted by atomic mass is 9.95. The van der Waals surface area contributed by atoms with E-state index in [0.29, 0.717) is 10.7 Å². The average molecular weight is 362 g/mol. The number of halogens is 1. The number of carbonyl (C=O) groups is 1. The van der Waals surface area contributed by atoms with Crippen LogP contribution in [0.4, 0.5) is 0 Å². The number of benzene rings is 2. The molecular formula is C22H16ClNO2. The lowest BCUT2D eigenvalue weighted by molar-refractivity contribution is -0.132. The zero-order chi connectivity index (χ0) is 18.4. The Labute approximate surface area is 156 Å². The topological polar surface area (TPSA) is 50.2 Å². The highest BCUT2D eigenvalue weighted by atomic mass is 35.5. The highest BCUT2D eigenvalue weighted by Crippen LogP contribution is 2.26. The fraction of sp³-hybridized carbons (Fsp3) is 0. The monoisotopic (exact) mass is 361 g/mol. The molecule has 0 fully saturated rings. The molecule has 1 N–H and O–H groups in total. The molecule has 2 aromatic carbocycles. The predicted octanol–water partition coefficient (Wildman–Crippen LogP) is 5.33. The van der Waals surface area contributed by atoms with Gasteiger partial charge >= 0.3 is 5.97 Å². The van der Waals surface area contributed by atoms with E-state index < -0.39 is 5.97 Å². The summed E-state index contributed by atoms with van der Waals surface area (Å²) in [7, 11) is 0. The van der Waals surface area contributed by atoms with Gasteiger partial charge in [0, 0.05) is 11.2 Å². The number of hydrogen-bond acceptors (Lipinski definition) is 2. The maximum Gasteiger partial charge on any atom is 0.335 e. The van der Waals surface area contributed by atoms with Crippen molar-refractivity contribution in [3.63, 3.8) is 0 Å². The quantitative estimate of drug-likeness (QED) is 0.493. The lowest BCUT2D eigenvalue weighted by Crippen LogP contribution is -2.00. The summed E-state index contributed by atoms with van der Waals surface area (Å²) in [4.78, 5) is 16.0. The third kappa shape index (κ3) is 4.47. The van der Waals surface area contributed by atoms with Crippen LogP contribution in [-0.2, 0) is 4.79 Å². The van der Waals surface area contributed by atoms with E-state index in [2.05, 4.69) is 4.98 Å². The number of pyridine rings is 1. The van der Waals surface area contributed by atoms with Crippen LogP contribution in [0.5, 0.6) is 0 Å². The molecule has 3 nitrogen and oxygen atoms in total. The van der Waals surface area contributed by atoms with Gasteiger partial charge in [0.2, 0.25) is 0 Å². The summed E-state index contributed by atoms with van der Waals surface area (Å²) in [5, 5.41) is 10.3. The van der Waals surface area contributed by atoms with Gasteiger partial charge in [0.25, 0.3) is 0 Å². The molecule has 0 saturated heterocycles. The van der Waals surface area contributed by atoms with Crippen LogP contribution in [0.15, 0.2) is 90.6 Å². The van der Waals surface area contributed by atoms with E-state index in [-0.39, 0.29) is 5.57 Å². The van der Waals surface area contributed by atoms with E-state index in [1.165, 1.54) is 0 Å². The van der Waals surface area contributed by atoms with E-state index in [1.54, 1.807) is 42.6 Å². The molecule has 4 heteroatoms. The van der Waals surface area contributed by atoms with Crippen LogP contribution in [0.3, 0.4) is 0 Å². The van der Waals surface area contributed by atoms with Crippen molar-refractivity contribution in [1.82, 2.24) is 4.98 Å². The van der Waals surface area contributed by atoms with Crippen molar-refractivity contribution in [2.24, 2.45) is 0 Å². The highest BCUT2D eigenvalue weighted by Gasteiger charge is 2.11. The number of aliphatic carboxylic acids is 1. The van der Waals surface area contributed by atoms with Gasteiger partial charge in [-0.1, -0.05) is 60.1 Å². The van der Waals surface area contributed by atoms with E-state index in [4.69, 9.17) is 11.6 Å². The lowest BCUT2D eigenvalue weighted by Gasteiger charge is -2.09. The standard InChI is InChI=1S/C22H16ClNO2/c23-19-11-9-17(10-12-19)21(16-6-2-1-3-7-16)15-18(22(25)26)14-20-8-4-5-13-24-20/h1-15H,(H,25,26)/b18-14-,21-15+. The fourth-order valence-corrected chi connectivity index (χ4v) is 2.65. The van der Waals surface area contributed by atoms with Crippen molar-refractivity contribution in [2.75, 3.05) is 0 Å². The van der Waals surface area contributed by atoms with Crippen LogP contribution in [0.1, 0.15) is 16.8 Å². The number of hydrogen-bond donors (Lipinski definition) is 1. The molecule has 0 aliphatic heterocycles. The molecule has 0 bridgehead atoms. The van der Waals surface area contributed by atoms with Gasteiger partial charge in [-0.3, -0.25) is 4.98 Å². The van der Waals surface area contributed by atoms with Crippen molar-refractivity contribution in [2.45, 2.75) is 0 Å². The first-order valence-electron chi connectivity index (χ1n) is 8.02. The maximum absolute atomic E-state index is 11.8. The van der Waals surface area contributed by atoms with Crippen molar-refractivity contribution in [1.29, 1.82) is 0 Å². The summed E-state index contributed by atoms with van der Waals surface area (Å²) in [5.74, 6) is -1.02. The minimum absolute atomic E-state index is 0.150. The normalized spacial score (nSPS) is 12.0. The second-order valence-electron chi connectivity index (χ2n) is 5.59. The van der Waals surface area contributed by atoms with Crippen molar-refractivity contribution in [3.05, 3.63) is 112 Å². The highest BCUT2D eigenvalue weighted by molar-refractivity contribution is 6.30. The number of carboxylic acid groups (broad SMARTS) is 1. The third-order valence-corrected chi connectivity index (χ3v) is 4.03. The molecule has 3 rings (SSSR count). The van der Waals surface area contributed by atoms with E-state index in [9.17, 15) is 9.90 Å². The third-order valence-electron chi connectivity index (χ3n) is 3.78. The molecule has 1 aromatic heterocycles. The molecule has 0 atom stereocenters. The number of carboxylic acids is 1. The summed E-state index contributed by atoms with van der Waals surface area (Å²) < 4.78 is 0. The summed E-state index contributed by atoms with van der Waals surface area (Å²) in [6, 6.07) is 22.4. The fourth-order valence-electron chi connectivity index (χ4n) is 2.52. The first-order valence-corrected chi connectivity index (χ1v) is 8.40. The Balaban J connectivity index is 2.14. The summed E-state index contributed by atoms with van der Waals surface area (Å²) >= 11 is 5.99. The van der Waals surface area contributed by atoms with E-state index in [1.807, 2.05) is 48.5 Å². The molecule has 128 valence electrons. The molecule has 0 amide bonds. The van der Waals surface area contributed by atoms with Crippen LogP contribution in [0.2, 0.25) is 5.02 Å². The second kappa shape index (κ2) is 8.28. The number of rotatable bonds is 5. The van der Waals surface area contributed by atoms with Gasteiger partial charge in [0.1, 0.15) is 0 Å². The SMILES string of the molecule is O=C(O)C(=C\c1ccccn1)/C=C(\c1ccccc1)c1ccc(Cl)cc1. The summed E-state index contributed by atoms with van der Waals surface area (Å²) in [6.45, 7) is 0. The number of aromatic nitrogens is 1. The Morgan fingerprint density at radius 3 is 2.15 bits per heavy atom. The van der Waals surface area contributed by atoms with Crippen molar-refractivity contribution < 1.29 is 9.90 Å². The largest absolute Gasteiger partial charge is 0.478 e. The first kappa shape index (κ1) is 17.6. The Hall–Kier alpha value is -3.17. The molecule has 1 heterocycles. The minimum atomic E-state index is -1.02. The zero-order valence-corrected chi connectivity index (χ0v) is 14.6. The molecule has 0 radical (unpaired) electrons. The average Bonchev–Trinajstić information content (AvgIpc) is 2.67. The molecule has 0 unspecified atom stereocenters. The second-order valence-corrected chi connectivity index (χ2v) is 6.03. The Kier molecular flexibility index (Phi) is 5.62. The molecule has 3 aromatic rings. The Morgan fingerprint density at radius 1 is 0.885 bits per heavy atom. The van der Waals surface area contributed by atoms with Crippen LogP contribution in [0.25, 0.3) is 11.6 Å². The summed E-state index contributed by atoms with van der Waals surface area (Å²) in [6.07, 6.45) is 4.85. The summed E-state index contributed by atoms with van der Waals surface area (Å²) in [5.41, 5.74) is 3.34. The van der Waals surface area contributed by atoms with Crippen molar-refractivity contribution in [3.8, 4) is 0 Å². The van der Waals surface area contributed by atoms with Gasteiger partial charge in [0.15, 0.2) is 0 Å². The Morgan fingerprint density at radius 2 is 1.54 bits per heavy atom. The molecular weight excluding hydrogens is 346 g/mol. The van der Waals surface area contributed by atoms with Gasteiger partial charge in [-0.15, -0.1) is 0 Å². The van der Waals surface area contributed by atoms with Gasteiger partial charge in [-0.25, -0.2) is 4.79 Å². The molecule has 26 heavy (non-hydrogen) atoms. The van der Waals surface area contributed by atoms with Gasteiger partial charge < -0.3 is 5.11 Å². The van der Waals surface area contributed by atoms with Crippen LogP contribution >= 0.6 is 11.6 Å². The van der Waals surface area contributed by atoms with Gasteiger partial charge in [0.05, 0.1) is 11.3 Å². The number of nitrogens with zero attached hydrogens (tertiary/aromatic N) is 1. The maximum atomic E-state index is 11.8. The smallest absolute Gasteiger partial charge is 0.335 e. The first-order chi connectivity index (χ1) is 12.6. The van der Waals surface area contributed by atoms with Crippen molar-refractivity contribution >= 4 is 29.2 Å². The van der Waals surface area contributed by atoms with Gasteiger partial charge in [-0.05, 0) is 53.1 Å². The zero-order valence-electron chi connectivity index (χ0n) is 13.8. The molecule has 0 aliphatic rings. The molecule has 0 aliphatic carbocycles. The minimum Gasteiger partial charge on any atom is -0.478 e. The van der Waals surface area contributed by atoms with Gasteiger partial charge in [-0.2, -0.15) is 0 Å². The van der Waals surface area contributed by atoms with E-state index >= 15 is 0 Å².